The minimum atomic E-state index is 0.301. The number of rotatable bonds is 9. The Hall–Kier alpha value is -2.71. The van der Waals surface area contributed by atoms with Crippen LogP contribution < -0.4 is 9.47 Å². The molecule has 0 radical (unpaired) electrons. The Balaban J connectivity index is 1.25. The zero-order valence-electron chi connectivity index (χ0n) is 23.0. The molecule has 2 aliphatic heterocycles. The van der Waals surface area contributed by atoms with E-state index in [0.717, 1.165) is 61.2 Å². The molecule has 8 heteroatoms. The maximum absolute atomic E-state index is 6.47. The second-order valence-electron chi connectivity index (χ2n) is 10.1. The summed E-state index contributed by atoms with van der Waals surface area (Å²) in [6, 6.07) is 21.4. The lowest BCUT2D eigenvalue weighted by atomic mass is 9.97. The zero-order valence-corrected chi connectivity index (χ0v) is 24.5. The van der Waals surface area contributed by atoms with Crippen molar-refractivity contribution < 1.29 is 9.47 Å². The molecule has 1 saturated heterocycles. The van der Waals surface area contributed by atoms with Gasteiger partial charge in [-0.25, -0.2) is 0 Å². The predicted molar refractivity (Wildman–Crippen MR) is 161 cm³/mol. The minimum Gasteiger partial charge on any atom is -0.490 e. The zero-order chi connectivity index (χ0) is 27.2. The van der Waals surface area contributed by atoms with Crippen molar-refractivity contribution in [2.45, 2.75) is 29.2 Å². The maximum atomic E-state index is 6.47. The number of nitrogens with zero attached hydrogens (tertiary/aromatic N) is 4. The molecule has 6 nitrogen and oxygen atoms in total. The van der Waals surface area contributed by atoms with Gasteiger partial charge < -0.3 is 14.4 Å². The van der Waals surface area contributed by atoms with E-state index in [9.17, 15) is 0 Å². The van der Waals surface area contributed by atoms with Crippen LogP contribution in [0.15, 0.2) is 75.6 Å². The highest BCUT2D eigenvalue weighted by Gasteiger charge is 2.30. The molecule has 0 aromatic heterocycles. The van der Waals surface area contributed by atoms with Gasteiger partial charge in [-0.15, -0.1) is 0 Å². The fraction of sp³-hybridized carbons (Fsp3) is 0.387. The number of piperazine rings is 1. The van der Waals surface area contributed by atoms with Crippen LogP contribution in [0.2, 0.25) is 5.02 Å². The molecule has 1 fully saturated rings. The Bertz CT molecular complexity index is 1290. The molecule has 5 rings (SSSR count). The molecule has 0 spiro atoms. The van der Waals surface area contributed by atoms with Gasteiger partial charge in [0, 0.05) is 53.6 Å². The Morgan fingerprint density at radius 1 is 0.974 bits per heavy atom. The van der Waals surface area contributed by atoms with E-state index in [4.69, 9.17) is 26.2 Å². The minimum absolute atomic E-state index is 0.301. The Morgan fingerprint density at radius 3 is 2.59 bits per heavy atom. The first kappa shape index (κ1) is 27.8. The molecule has 3 aromatic rings. The van der Waals surface area contributed by atoms with Gasteiger partial charge in [0.2, 0.25) is 0 Å². The number of fused-ring (bicyclic) bond motifs is 2. The Kier molecular flexibility index (Phi) is 9.35. The molecule has 0 amide bonds. The summed E-state index contributed by atoms with van der Waals surface area (Å²) in [6.07, 6.45) is 2.92. The highest BCUT2D eigenvalue weighted by Crippen LogP contribution is 2.43. The van der Waals surface area contributed by atoms with Crippen LogP contribution >= 0.6 is 23.4 Å². The first-order valence-electron chi connectivity index (χ1n) is 13.6. The number of ether oxygens (including phenoxy) is 2. The van der Waals surface area contributed by atoms with Gasteiger partial charge in [-0.2, -0.15) is 5.10 Å². The van der Waals surface area contributed by atoms with E-state index < -0.39 is 0 Å². The average Bonchev–Trinajstić information content (AvgIpc) is 3.10. The lowest BCUT2D eigenvalue weighted by Gasteiger charge is -2.38. The van der Waals surface area contributed by atoms with Gasteiger partial charge in [-0.1, -0.05) is 41.6 Å². The fourth-order valence-corrected chi connectivity index (χ4v) is 6.32. The third kappa shape index (κ3) is 7.09. The Labute approximate surface area is 241 Å². The van der Waals surface area contributed by atoms with Crippen LogP contribution in [0.1, 0.15) is 29.7 Å². The third-order valence-corrected chi connectivity index (χ3v) is 8.55. The molecule has 0 N–H and O–H groups in total. The van der Waals surface area contributed by atoms with Gasteiger partial charge in [-0.3, -0.25) is 9.91 Å². The monoisotopic (exact) mass is 564 g/mol. The topological polar surface area (TPSA) is 40.5 Å². The molecule has 39 heavy (non-hydrogen) atoms. The van der Waals surface area contributed by atoms with Crippen molar-refractivity contribution in [3.8, 4) is 11.5 Å². The fourth-order valence-electron chi connectivity index (χ4n) is 5.02. The van der Waals surface area contributed by atoms with E-state index in [-0.39, 0.29) is 0 Å². The highest BCUT2D eigenvalue weighted by atomic mass is 35.5. The molecule has 206 valence electrons. The van der Waals surface area contributed by atoms with Crippen molar-refractivity contribution >= 4 is 29.6 Å². The number of benzene rings is 3. The molecule has 0 bridgehead atoms. The maximum Gasteiger partial charge on any atom is 0.161 e. The highest BCUT2D eigenvalue weighted by molar-refractivity contribution is 7.99. The molecule has 0 aliphatic carbocycles. The molecule has 1 unspecified atom stereocenters. The van der Waals surface area contributed by atoms with Crippen molar-refractivity contribution in [1.29, 1.82) is 0 Å². The summed E-state index contributed by atoms with van der Waals surface area (Å²) in [5.41, 5.74) is 3.73. The summed E-state index contributed by atoms with van der Waals surface area (Å²) in [4.78, 5) is 7.33. The second-order valence-corrected chi connectivity index (χ2v) is 11.7. The van der Waals surface area contributed by atoms with Crippen LogP contribution in [0, 0.1) is 0 Å². The van der Waals surface area contributed by atoms with Crippen LogP contribution in [0.4, 0.5) is 0 Å². The van der Waals surface area contributed by atoms with Crippen molar-refractivity contribution in [2.75, 3.05) is 60.0 Å². The van der Waals surface area contributed by atoms with Crippen LogP contribution in [0.5, 0.6) is 11.5 Å². The van der Waals surface area contributed by atoms with E-state index in [0.29, 0.717) is 19.3 Å². The van der Waals surface area contributed by atoms with Gasteiger partial charge in [0.25, 0.3) is 0 Å². The Morgan fingerprint density at radius 2 is 1.79 bits per heavy atom. The van der Waals surface area contributed by atoms with Crippen LogP contribution in [-0.2, 0) is 6.42 Å². The van der Waals surface area contributed by atoms with E-state index in [1.165, 1.54) is 20.9 Å². The SMILES string of the molecule is CCOc1cc(/C=N\N2CCN(C3Cc4ccccc4Sc4ccc(Cl)cc43)CC2)ccc1OCCN(C)C. The third-order valence-electron chi connectivity index (χ3n) is 7.10. The molecule has 2 aliphatic rings. The molecule has 3 aromatic carbocycles. The molecule has 2 heterocycles. The normalized spacial score (nSPS) is 17.7. The van der Waals surface area contributed by atoms with Crippen LogP contribution in [0.25, 0.3) is 0 Å². The number of halogens is 1. The van der Waals surface area contributed by atoms with Crippen molar-refractivity contribution in [1.82, 2.24) is 14.8 Å². The molecule has 1 atom stereocenters. The lowest BCUT2D eigenvalue weighted by Crippen LogP contribution is -2.46. The first-order valence-corrected chi connectivity index (χ1v) is 14.8. The van der Waals surface area contributed by atoms with Crippen LogP contribution in [0.3, 0.4) is 0 Å². The summed E-state index contributed by atoms with van der Waals surface area (Å²) in [7, 11) is 4.07. The van der Waals surface area contributed by atoms with Gasteiger partial charge in [-0.05, 0) is 86.6 Å². The van der Waals surface area contributed by atoms with Gasteiger partial charge in [0.05, 0.1) is 12.8 Å². The number of hydrazone groups is 1. The quantitative estimate of drug-likeness (QED) is 0.293. The summed E-state index contributed by atoms with van der Waals surface area (Å²) < 4.78 is 11.8. The summed E-state index contributed by atoms with van der Waals surface area (Å²) >= 11 is 8.33. The predicted octanol–water partition coefficient (Wildman–Crippen LogP) is 6.08. The van der Waals surface area contributed by atoms with Gasteiger partial charge in [0.1, 0.15) is 6.61 Å². The van der Waals surface area contributed by atoms with Crippen molar-refractivity contribution in [2.24, 2.45) is 5.10 Å². The van der Waals surface area contributed by atoms with E-state index in [2.05, 4.69) is 51.2 Å². The van der Waals surface area contributed by atoms with E-state index in [1.807, 2.05) is 63.3 Å². The number of hydrogen-bond acceptors (Lipinski definition) is 7. The number of likely N-dealkylation sites (N-methyl/N-ethyl adjacent to an activating group) is 1. The van der Waals surface area contributed by atoms with Gasteiger partial charge in [0.15, 0.2) is 11.5 Å². The van der Waals surface area contributed by atoms with E-state index >= 15 is 0 Å². The lowest BCUT2D eigenvalue weighted by molar-refractivity contribution is 0.0970. The van der Waals surface area contributed by atoms with Crippen molar-refractivity contribution in [3.63, 3.8) is 0 Å². The average molecular weight is 565 g/mol. The van der Waals surface area contributed by atoms with E-state index in [1.54, 1.807) is 0 Å². The number of hydrogen-bond donors (Lipinski definition) is 0. The summed E-state index contributed by atoms with van der Waals surface area (Å²) in [5.74, 6) is 1.53. The standard InChI is InChI=1S/C31H37ClN4O2S/c1-4-37-29-19-23(9-11-28(29)38-18-17-34(2)3)22-33-36-15-13-35(14-16-36)27-20-24-7-5-6-8-30(24)39-31-12-10-25(32)21-26(27)31/h5-12,19,21-22,27H,4,13-18,20H2,1-3H3/b33-22-. The largest absolute Gasteiger partial charge is 0.490 e. The van der Waals surface area contributed by atoms with Crippen molar-refractivity contribution in [3.05, 3.63) is 82.4 Å². The second kappa shape index (κ2) is 13.1. The van der Waals surface area contributed by atoms with Gasteiger partial charge >= 0.3 is 0 Å². The van der Waals surface area contributed by atoms with Crippen LogP contribution in [-0.4, -0.2) is 81.1 Å². The smallest absolute Gasteiger partial charge is 0.161 e. The molecule has 0 saturated carbocycles. The molecular weight excluding hydrogens is 528 g/mol. The first-order chi connectivity index (χ1) is 19.0. The summed E-state index contributed by atoms with van der Waals surface area (Å²) in [5, 5.41) is 7.78. The summed E-state index contributed by atoms with van der Waals surface area (Å²) in [6.45, 7) is 7.70. The molecular formula is C31H37ClN4O2S.